The molecule has 0 fully saturated rings. The van der Waals surface area contributed by atoms with Gasteiger partial charge in [-0.25, -0.2) is 10.2 Å². The number of hydrogen-bond donors (Lipinski definition) is 2. The van der Waals surface area contributed by atoms with Crippen molar-refractivity contribution in [3.63, 3.8) is 0 Å². The van der Waals surface area contributed by atoms with Crippen molar-refractivity contribution >= 4 is 35.4 Å². The van der Waals surface area contributed by atoms with E-state index < -0.39 is 22.7 Å². The van der Waals surface area contributed by atoms with E-state index in [9.17, 15) is 24.5 Å². The first-order chi connectivity index (χ1) is 16.9. The first-order valence-corrected chi connectivity index (χ1v) is 10.0. The van der Waals surface area contributed by atoms with Gasteiger partial charge in [0.2, 0.25) is 0 Å². The minimum absolute atomic E-state index is 0.148. The molecular weight excluding hydrogens is 454 g/mol. The van der Waals surface area contributed by atoms with Gasteiger partial charge < -0.3 is 10.1 Å². The Labute approximate surface area is 198 Å². The molecule has 0 aliphatic heterocycles. The molecule has 0 saturated heterocycles. The highest BCUT2D eigenvalue weighted by Gasteiger charge is 2.21. The Balaban J connectivity index is 1.52. The van der Waals surface area contributed by atoms with E-state index in [1.165, 1.54) is 54.7 Å². The molecule has 2 amide bonds. The van der Waals surface area contributed by atoms with Crippen LogP contribution in [0.5, 0.6) is 5.75 Å². The molecule has 174 valence electrons. The molecule has 0 spiro atoms. The fourth-order valence-corrected chi connectivity index (χ4v) is 2.79. The number of rotatable bonds is 7. The SMILES string of the molecule is N#CCc1ccc(NC(=O)C(=O)NN=Cc2ccc(OC(=O)c3ccccc3[N+](=O)[O-])cc2)cc1. The molecule has 35 heavy (non-hydrogen) atoms. The van der Waals surface area contributed by atoms with Crippen molar-refractivity contribution in [1.82, 2.24) is 5.43 Å². The summed E-state index contributed by atoms with van der Waals surface area (Å²) < 4.78 is 5.17. The number of hydrogen-bond acceptors (Lipinski definition) is 8. The van der Waals surface area contributed by atoms with Crippen molar-refractivity contribution in [2.24, 2.45) is 5.10 Å². The number of ether oxygens (including phenoxy) is 1. The van der Waals surface area contributed by atoms with Crippen LogP contribution >= 0.6 is 0 Å². The predicted octanol–water partition coefficient (Wildman–Crippen LogP) is 2.97. The standard InChI is InChI=1S/C24H17N5O6/c25-14-13-16-5-9-18(10-6-16)27-22(30)23(31)28-26-15-17-7-11-19(12-8-17)35-24(32)20-3-1-2-4-21(20)29(33)34/h1-12,15H,13H2,(H,27,30)(H,28,31). The highest BCUT2D eigenvalue weighted by Crippen LogP contribution is 2.20. The van der Waals surface area contributed by atoms with Gasteiger partial charge in [0.1, 0.15) is 11.3 Å². The van der Waals surface area contributed by atoms with Crippen LogP contribution in [0.1, 0.15) is 21.5 Å². The van der Waals surface area contributed by atoms with Gasteiger partial charge in [-0.3, -0.25) is 19.7 Å². The summed E-state index contributed by atoms with van der Waals surface area (Å²) in [7, 11) is 0. The zero-order chi connectivity index (χ0) is 25.2. The minimum Gasteiger partial charge on any atom is -0.423 e. The number of carbonyl (C=O) groups excluding carboxylic acids is 3. The molecule has 0 bridgehead atoms. The summed E-state index contributed by atoms with van der Waals surface area (Å²) in [6, 6.07) is 19.9. The second-order valence-corrected chi connectivity index (χ2v) is 6.92. The van der Waals surface area contributed by atoms with Crippen LogP contribution in [0.25, 0.3) is 0 Å². The smallest absolute Gasteiger partial charge is 0.350 e. The van der Waals surface area contributed by atoms with Gasteiger partial charge >= 0.3 is 17.8 Å². The lowest BCUT2D eigenvalue weighted by Gasteiger charge is -2.05. The van der Waals surface area contributed by atoms with Crippen LogP contribution in [0.2, 0.25) is 0 Å². The maximum atomic E-state index is 12.3. The average Bonchev–Trinajstić information content (AvgIpc) is 2.86. The van der Waals surface area contributed by atoms with Gasteiger partial charge in [0, 0.05) is 11.8 Å². The number of nitriles is 1. The van der Waals surface area contributed by atoms with E-state index in [1.807, 2.05) is 6.07 Å². The van der Waals surface area contributed by atoms with E-state index in [0.717, 1.165) is 5.56 Å². The Morgan fingerprint density at radius 3 is 2.34 bits per heavy atom. The van der Waals surface area contributed by atoms with E-state index >= 15 is 0 Å². The van der Waals surface area contributed by atoms with Crippen LogP contribution in [0.3, 0.4) is 0 Å². The van der Waals surface area contributed by atoms with Crippen molar-refractivity contribution in [2.45, 2.75) is 6.42 Å². The molecule has 0 aromatic heterocycles. The van der Waals surface area contributed by atoms with Crippen LogP contribution < -0.4 is 15.5 Å². The number of carbonyl (C=O) groups is 3. The van der Waals surface area contributed by atoms with Gasteiger partial charge in [0.05, 0.1) is 23.6 Å². The predicted molar refractivity (Wildman–Crippen MR) is 125 cm³/mol. The van der Waals surface area contributed by atoms with Gasteiger partial charge in [-0.05, 0) is 53.6 Å². The highest BCUT2D eigenvalue weighted by atomic mass is 16.6. The summed E-state index contributed by atoms with van der Waals surface area (Å²) in [6.07, 6.45) is 1.51. The van der Waals surface area contributed by atoms with Crippen LogP contribution in [0.4, 0.5) is 11.4 Å². The van der Waals surface area contributed by atoms with Crippen molar-refractivity contribution in [3.8, 4) is 11.8 Å². The molecule has 3 aromatic rings. The molecule has 11 heteroatoms. The lowest BCUT2D eigenvalue weighted by atomic mass is 10.1. The topological polar surface area (TPSA) is 164 Å². The number of nitrogens with zero attached hydrogens (tertiary/aromatic N) is 3. The van der Waals surface area contributed by atoms with Crippen molar-refractivity contribution in [3.05, 3.63) is 99.6 Å². The van der Waals surface area contributed by atoms with E-state index in [0.29, 0.717) is 11.3 Å². The molecule has 0 aliphatic rings. The maximum absolute atomic E-state index is 12.3. The molecule has 11 nitrogen and oxygen atoms in total. The molecule has 2 N–H and O–H groups in total. The molecule has 0 saturated carbocycles. The molecule has 3 aromatic carbocycles. The van der Waals surface area contributed by atoms with Gasteiger partial charge in [-0.2, -0.15) is 10.4 Å². The Kier molecular flexibility index (Phi) is 7.96. The van der Waals surface area contributed by atoms with Gasteiger partial charge in [0.25, 0.3) is 5.69 Å². The molecule has 0 heterocycles. The third-order valence-corrected chi connectivity index (χ3v) is 4.49. The molecule has 0 unspecified atom stereocenters. The molecular formula is C24H17N5O6. The number of para-hydroxylation sites is 1. The Morgan fingerprint density at radius 2 is 1.69 bits per heavy atom. The number of anilines is 1. The van der Waals surface area contributed by atoms with Crippen LogP contribution in [0, 0.1) is 21.4 Å². The summed E-state index contributed by atoms with van der Waals surface area (Å²) in [6.45, 7) is 0. The zero-order valence-electron chi connectivity index (χ0n) is 18.0. The second-order valence-electron chi connectivity index (χ2n) is 6.92. The number of nitro benzene ring substituents is 1. The number of esters is 1. The molecule has 0 aliphatic carbocycles. The number of nitro groups is 1. The zero-order valence-corrected chi connectivity index (χ0v) is 18.0. The fourth-order valence-electron chi connectivity index (χ4n) is 2.79. The van der Waals surface area contributed by atoms with Crippen LogP contribution in [-0.2, 0) is 16.0 Å². The van der Waals surface area contributed by atoms with Crippen molar-refractivity contribution in [1.29, 1.82) is 5.26 Å². The largest absolute Gasteiger partial charge is 0.423 e. The van der Waals surface area contributed by atoms with Crippen LogP contribution in [-0.4, -0.2) is 28.9 Å². The molecule has 3 rings (SSSR count). The monoisotopic (exact) mass is 471 g/mol. The summed E-state index contributed by atoms with van der Waals surface area (Å²) >= 11 is 0. The molecule has 0 radical (unpaired) electrons. The van der Waals surface area contributed by atoms with E-state index in [-0.39, 0.29) is 23.4 Å². The average molecular weight is 471 g/mol. The summed E-state index contributed by atoms with van der Waals surface area (Å²) in [4.78, 5) is 46.5. The van der Waals surface area contributed by atoms with Crippen molar-refractivity contribution < 1.29 is 24.0 Å². The van der Waals surface area contributed by atoms with Gasteiger partial charge in [-0.1, -0.05) is 24.3 Å². The third-order valence-electron chi connectivity index (χ3n) is 4.49. The summed E-state index contributed by atoms with van der Waals surface area (Å²) in [5, 5.41) is 25.8. The Morgan fingerprint density at radius 1 is 1.00 bits per heavy atom. The first kappa shape index (κ1) is 24.3. The van der Waals surface area contributed by atoms with Crippen LogP contribution in [0.15, 0.2) is 77.9 Å². The lowest BCUT2D eigenvalue weighted by Crippen LogP contribution is -2.32. The van der Waals surface area contributed by atoms with E-state index in [2.05, 4.69) is 15.8 Å². The number of benzene rings is 3. The summed E-state index contributed by atoms with van der Waals surface area (Å²) in [5.74, 6) is -2.64. The van der Waals surface area contributed by atoms with E-state index in [4.69, 9.17) is 10.00 Å². The van der Waals surface area contributed by atoms with Crippen molar-refractivity contribution in [2.75, 3.05) is 5.32 Å². The Hall–Kier alpha value is -5.37. The highest BCUT2D eigenvalue weighted by molar-refractivity contribution is 6.39. The lowest BCUT2D eigenvalue weighted by molar-refractivity contribution is -0.385. The van der Waals surface area contributed by atoms with Gasteiger partial charge in [0.15, 0.2) is 0 Å². The third kappa shape index (κ3) is 6.80. The number of amides is 2. The normalized spacial score (nSPS) is 10.3. The second kappa shape index (κ2) is 11.5. The number of nitrogens with one attached hydrogen (secondary N) is 2. The number of hydrazone groups is 1. The molecule has 0 atom stereocenters. The van der Waals surface area contributed by atoms with Gasteiger partial charge in [-0.15, -0.1) is 0 Å². The first-order valence-electron chi connectivity index (χ1n) is 10.0. The Bertz CT molecular complexity index is 1330. The fraction of sp³-hybridized carbons (Fsp3) is 0.0417. The quantitative estimate of drug-likeness (QED) is 0.134. The summed E-state index contributed by atoms with van der Waals surface area (Å²) in [5.41, 5.74) is 3.24. The van der Waals surface area contributed by atoms with E-state index in [1.54, 1.807) is 24.3 Å². The minimum atomic E-state index is -0.989. The maximum Gasteiger partial charge on any atom is 0.350 e.